The Kier molecular flexibility index (Phi) is 3.56. The fourth-order valence-electron chi connectivity index (χ4n) is 1.20. The molecule has 0 aromatic heterocycles. The molecule has 1 atom stereocenters. The van der Waals surface area contributed by atoms with E-state index in [9.17, 15) is 14.5 Å². The second-order valence-corrected chi connectivity index (χ2v) is 3.09. The van der Waals surface area contributed by atoms with E-state index in [2.05, 4.69) is 0 Å². The van der Waals surface area contributed by atoms with Crippen molar-refractivity contribution in [1.82, 2.24) is 0 Å². The van der Waals surface area contributed by atoms with Crippen LogP contribution in [0.3, 0.4) is 0 Å². The molecule has 0 saturated carbocycles. The van der Waals surface area contributed by atoms with Gasteiger partial charge in [0.2, 0.25) is 0 Å². The number of nitrogens with zero attached hydrogens (tertiary/aromatic N) is 1. The zero-order valence-electron chi connectivity index (χ0n) is 7.89. The quantitative estimate of drug-likeness (QED) is 0.589. The SMILES string of the molecule is N[C@@H](CCF)c1ccc(O)c([N+](=O)[O-])c1. The number of alkyl halides is 1. The summed E-state index contributed by atoms with van der Waals surface area (Å²) in [5, 5.41) is 19.6. The summed E-state index contributed by atoms with van der Waals surface area (Å²) >= 11 is 0. The molecule has 0 fully saturated rings. The van der Waals surface area contributed by atoms with Gasteiger partial charge in [-0.3, -0.25) is 14.5 Å². The van der Waals surface area contributed by atoms with Gasteiger partial charge in [-0.15, -0.1) is 0 Å². The molecule has 0 aliphatic heterocycles. The second kappa shape index (κ2) is 4.70. The van der Waals surface area contributed by atoms with Gasteiger partial charge >= 0.3 is 5.69 Å². The highest BCUT2D eigenvalue weighted by Gasteiger charge is 2.16. The predicted molar refractivity (Wildman–Crippen MR) is 52.3 cm³/mol. The molecule has 5 nitrogen and oxygen atoms in total. The standard InChI is InChI=1S/C9H11FN2O3/c10-4-3-7(11)6-1-2-9(13)8(5-6)12(14)15/h1-2,5,7,13H,3-4,11H2/t7-/m0/s1. The maximum absolute atomic E-state index is 12.0. The molecule has 82 valence electrons. The first kappa shape index (κ1) is 11.4. The third kappa shape index (κ3) is 2.63. The molecule has 0 amide bonds. The summed E-state index contributed by atoms with van der Waals surface area (Å²) in [7, 11) is 0. The Morgan fingerprint density at radius 3 is 2.80 bits per heavy atom. The van der Waals surface area contributed by atoms with Crippen LogP contribution in [0.15, 0.2) is 18.2 Å². The third-order valence-electron chi connectivity index (χ3n) is 2.04. The summed E-state index contributed by atoms with van der Waals surface area (Å²) in [5.41, 5.74) is 5.61. The Bertz CT molecular complexity index is 370. The van der Waals surface area contributed by atoms with E-state index < -0.39 is 29.1 Å². The van der Waals surface area contributed by atoms with Gasteiger partial charge in [-0.1, -0.05) is 6.07 Å². The van der Waals surface area contributed by atoms with Crippen LogP contribution in [-0.4, -0.2) is 16.7 Å². The van der Waals surface area contributed by atoms with Crippen LogP contribution in [0.5, 0.6) is 5.75 Å². The zero-order valence-corrected chi connectivity index (χ0v) is 7.89. The van der Waals surface area contributed by atoms with Crippen molar-refractivity contribution in [2.24, 2.45) is 5.73 Å². The topological polar surface area (TPSA) is 89.4 Å². The Labute approximate surface area is 85.5 Å². The highest BCUT2D eigenvalue weighted by Crippen LogP contribution is 2.28. The average Bonchev–Trinajstić information content (AvgIpc) is 2.18. The minimum Gasteiger partial charge on any atom is -0.502 e. The van der Waals surface area contributed by atoms with Crippen LogP contribution in [0.1, 0.15) is 18.0 Å². The van der Waals surface area contributed by atoms with Gasteiger partial charge in [-0.25, -0.2) is 0 Å². The van der Waals surface area contributed by atoms with Crippen LogP contribution >= 0.6 is 0 Å². The van der Waals surface area contributed by atoms with Gasteiger partial charge < -0.3 is 10.8 Å². The van der Waals surface area contributed by atoms with Gasteiger partial charge in [0.05, 0.1) is 11.6 Å². The Hall–Kier alpha value is -1.69. The van der Waals surface area contributed by atoms with E-state index in [1.54, 1.807) is 0 Å². The van der Waals surface area contributed by atoms with Crippen LogP contribution in [-0.2, 0) is 0 Å². The first-order valence-corrected chi connectivity index (χ1v) is 4.35. The number of phenolic OH excluding ortho intramolecular Hbond substituents is 1. The number of nitro benzene ring substituents is 1. The van der Waals surface area contributed by atoms with Crippen LogP contribution in [0.2, 0.25) is 0 Å². The molecule has 0 radical (unpaired) electrons. The Morgan fingerprint density at radius 1 is 1.60 bits per heavy atom. The van der Waals surface area contributed by atoms with Gasteiger partial charge in [0.15, 0.2) is 5.75 Å². The lowest BCUT2D eigenvalue weighted by Crippen LogP contribution is -2.11. The number of aromatic hydroxyl groups is 1. The van der Waals surface area contributed by atoms with Crippen molar-refractivity contribution >= 4 is 5.69 Å². The van der Waals surface area contributed by atoms with E-state index in [-0.39, 0.29) is 6.42 Å². The molecular formula is C9H11FN2O3. The monoisotopic (exact) mass is 214 g/mol. The average molecular weight is 214 g/mol. The molecule has 1 rings (SSSR count). The molecule has 1 aromatic rings. The fourth-order valence-corrected chi connectivity index (χ4v) is 1.20. The van der Waals surface area contributed by atoms with Gasteiger partial charge in [0.25, 0.3) is 0 Å². The summed E-state index contributed by atoms with van der Waals surface area (Å²) in [6.45, 7) is -0.587. The summed E-state index contributed by atoms with van der Waals surface area (Å²) in [4.78, 5) is 9.78. The lowest BCUT2D eigenvalue weighted by atomic mass is 10.0. The number of nitrogens with two attached hydrogens (primary N) is 1. The highest BCUT2D eigenvalue weighted by molar-refractivity contribution is 5.48. The number of benzene rings is 1. The maximum atomic E-state index is 12.0. The van der Waals surface area contributed by atoms with Crippen LogP contribution in [0, 0.1) is 10.1 Å². The summed E-state index contributed by atoms with van der Waals surface area (Å²) < 4.78 is 12.0. The molecule has 0 aliphatic rings. The minimum atomic E-state index is -0.707. The molecule has 15 heavy (non-hydrogen) atoms. The lowest BCUT2D eigenvalue weighted by molar-refractivity contribution is -0.385. The highest BCUT2D eigenvalue weighted by atomic mass is 19.1. The summed E-state index contributed by atoms with van der Waals surface area (Å²) in [5.74, 6) is -0.420. The van der Waals surface area contributed by atoms with E-state index in [4.69, 9.17) is 10.8 Å². The summed E-state index contributed by atoms with van der Waals surface area (Å²) in [6.07, 6.45) is 0.0991. The molecular weight excluding hydrogens is 203 g/mol. The van der Waals surface area contributed by atoms with Crippen molar-refractivity contribution in [2.45, 2.75) is 12.5 Å². The predicted octanol–water partition coefficient (Wildman–Crippen LogP) is 1.66. The number of halogens is 1. The van der Waals surface area contributed by atoms with Crippen LogP contribution < -0.4 is 5.73 Å². The number of phenols is 1. The van der Waals surface area contributed by atoms with Crippen molar-refractivity contribution in [2.75, 3.05) is 6.67 Å². The van der Waals surface area contributed by atoms with Gasteiger partial charge in [-0.2, -0.15) is 0 Å². The maximum Gasteiger partial charge on any atom is 0.311 e. The summed E-state index contributed by atoms with van der Waals surface area (Å²) in [6, 6.07) is 3.21. The van der Waals surface area contributed by atoms with Gasteiger partial charge in [0, 0.05) is 12.1 Å². The zero-order chi connectivity index (χ0) is 11.4. The fraction of sp³-hybridized carbons (Fsp3) is 0.333. The number of rotatable bonds is 4. The first-order chi connectivity index (χ1) is 7.06. The Balaban J connectivity index is 3.02. The van der Waals surface area contributed by atoms with Crippen molar-refractivity contribution in [3.63, 3.8) is 0 Å². The normalized spacial score (nSPS) is 12.4. The van der Waals surface area contributed by atoms with E-state index in [0.29, 0.717) is 5.56 Å². The molecule has 3 N–H and O–H groups in total. The molecule has 0 bridgehead atoms. The van der Waals surface area contributed by atoms with Crippen molar-refractivity contribution in [3.8, 4) is 5.75 Å². The first-order valence-electron chi connectivity index (χ1n) is 4.35. The van der Waals surface area contributed by atoms with Crippen molar-refractivity contribution in [3.05, 3.63) is 33.9 Å². The van der Waals surface area contributed by atoms with Gasteiger partial charge in [-0.05, 0) is 18.1 Å². The van der Waals surface area contributed by atoms with E-state index in [1.165, 1.54) is 12.1 Å². The van der Waals surface area contributed by atoms with Crippen LogP contribution in [0.25, 0.3) is 0 Å². The lowest BCUT2D eigenvalue weighted by Gasteiger charge is -2.09. The second-order valence-electron chi connectivity index (χ2n) is 3.09. The van der Waals surface area contributed by atoms with Crippen molar-refractivity contribution in [1.29, 1.82) is 0 Å². The largest absolute Gasteiger partial charge is 0.502 e. The van der Waals surface area contributed by atoms with Crippen LogP contribution in [0.4, 0.5) is 10.1 Å². The number of hydrogen-bond acceptors (Lipinski definition) is 4. The smallest absolute Gasteiger partial charge is 0.311 e. The molecule has 0 spiro atoms. The minimum absolute atomic E-state index is 0.0991. The molecule has 0 heterocycles. The molecule has 0 saturated heterocycles. The number of hydrogen-bond donors (Lipinski definition) is 2. The van der Waals surface area contributed by atoms with E-state index >= 15 is 0 Å². The van der Waals surface area contributed by atoms with Crippen molar-refractivity contribution < 1.29 is 14.4 Å². The molecule has 0 unspecified atom stereocenters. The Morgan fingerprint density at radius 2 is 2.27 bits per heavy atom. The number of nitro groups is 1. The molecule has 6 heteroatoms. The van der Waals surface area contributed by atoms with E-state index in [0.717, 1.165) is 6.07 Å². The van der Waals surface area contributed by atoms with Gasteiger partial charge in [0.1, 0.15) is 0 Å². The molecule has 1 aromatic carbocycles. The van der Waals surface area contributed by atoms with E-state index in [1.807, 2.05) is 0 Å². The molecule has 0 aliphatic carbocycles. The third-order valence-corrected chi connectivity index (χ3v) is 2.04.